The highest BCUT2D eigenvalue weighted by molar-refractivity contribution is 5.14. The van der Waals surface area contributed by atoms with Crippen LogP contribution in [0.4, 0.5) is 8.78 Å². The molecule has 0 aromatic heterocycles. The van der Waals surface area contributed by atoms with E-state index in [2.05, 4.69) is 13.0 Å². The van der Waals surface area contributed by atoms with Gasteiger partial charge in [-0.3, -0.25) is 0 Å². The van der Waals surface area contributed by atoms with Gasteiger partial charge < -0.3 is 5.11 Å². The molecule has 2 rings (SSSR count). The number of aliphatic hydroxyl groups is 1. The first-order chi connectivity index (χ1) is 8.59. The molecule has 1 fully saturated rings. The van der Waals surface area contributed by atoms with Crippen LogP contribution < -0.4 is 0 Å². The second kappa shape index (κ2) is 7.22. The van der Waals surface area contributed by atoms with Crippen molar-refractivity contribution in [1.82, 2.24) is 0 Å². The maximum Gasteiger partial charge on any atom is 0.157 e. The van der Waals surface area contributed by atoms with Crippen LogP contribution in [0.25, 0.3) is 0 Å². The first kappa shape index (κ1) is 15.6. The van der Waals surface area contributed by atoms with Crippen molar-refractivity contribution in [3.8, 4) is 0 Å². The van der Waals surface area contributed by atoms with Gasteiger partial charge in [-0.1, -0.05) is 32.4 Å². The van der Waals surface area contributed by atoms with Crippen LogP contribution in [0.5, 0.6) is 0 Å². The summed E-state index contributed by atoms with van der Waals surface area (Å²) >= 11 is 0. The number of alkyl halides is 2. The Labute approximate surface area is 109 Å². The summed E-state index contributed by atoms with van der Waals surface area (Å²) < 4.78 is 27.2. The molecule has 0 aromatic rings. The summed E-state index contributed by atoms with van der Waals surface area (Å²) in [6.45, 7) is 6.18. The molecule has 18 heavy (non-hydrogen) atoms. The summed E-state index contributed by atoms with van der Waals surface area (Å²) in [7, 11) is 0. The Bertz CT molecular complexity index is 278. The van der Waals surface area contributed by atoms with Crippen LogP contribution in [-0.2, 0) is 0 Å². The minimum absolute atomic E-state index is 0.286. The Morgan fingerprint density at radius 3 is 2.33 bits per heavy atom. The van der Waals surface area contributed by atoms with E-state index in [0.717, 1.165) is 24.8 Å². The zero-order valence-electron chi connectivity index (χ0n) is 11.7. The minimum Gasteiger partial charge on any atom is -0.390 e. The van der Waals surface area contributed by atoms with Crippen LogP contribution in [0.2, 0.25) is 0 Å². The molecular weight excluding hydrogens is 234 g/mol. The fraction of sp³-hybridized carbons (Fsp3) is 0.867. The normalized spacial score (nSPS) is 40.6. The second-order valence-electron chi connectivity index (χ2n) is 5.30. The molecule has 1 saturated carbocycles. The smallest absolute Gasteiger partial charge is 0.157 e. The number of hydrogen-bond donors (Lipinski definition) is 1. The molecule has 1 nitrogen and oxygen atoms in total. The summed E-state index contributed by atoms with van der Waals surface area (Å²) in [5.74, 6) is 0.378. The summed E-state index contributed by atoms with van der Waals surface area (Å²) in [5, 5.41) is 9.27. The monoisotopic (exact) mass is 260 g/mol. The second-order valence-corrected chi connectivity index (χ2v) is 5.30. The van der Waals surface area contributed by atoms with Crippen molar-refractivity contribution >= 4 is 0 Å². The van der Waals surface area contributed by atoms with Crippen LogP contribution in [0, 0.1) is 11.8 Å². The quantitative estimate of drug-likeness (QED) is 0.700. The summed E-state index contributed by atoms with van der Waals surface area (Å²) in [6, 6.07) is 0. The lowest BCUT2D eigenvalue weighted by Crippen LogP contribution is -2.42. The van der Waals surface area contributed by atoms with Crippen molar-refractivity contribution in [2.75, 3.05) is 0 Å². The molecule has 0 aliphatic heterocycles. The molecule has 1 N–H and O–H groups in total. The Kier molecular flexibility index (Phi) is 6.27. The van der Waals surface area contributed by atoms with E-state index in [1.165, 1.54) is 0 Å². The Morgan fingerprint density at radius 1 is 1.11 bits per heavy atom. The molecule has 0 radical (unpaired) electrons. The SMILES string of the molecule is CC.CC1CC=C(C2CCC(O)C(F)C2F)CC1. The molecule has 0 amide bonds. The first-order valence-electron chi connectivity index (χ1n) is 7.24. The van der Waals surface area contributed by atoms with E-state index in [0.29, 0.717) is 18.8 Å². The van der Waals surface area contributed by atoms with Crippen molar-refractivity contribution in [2.24, 2.45) is 11.8 Å². The van der Waals surface area contributed by atoms with Gasteiger partial charge >= 0.3 is 0 Å². The van der Waals surface area contributed by atoms with Crippen molar-refractivity contribution in [2.45, 2.75) is 71.3 Å². The van der Waals surface area contributed by atoms with Crippen molar-refractivity contribution < 1.29 is 13.9 Å². The summed E-state index contributed by atoms with van der Waals surface area (Å²) in [4.78, 5) is 0. The van der Waals surface area contributed by atoms with Crippen molar-refractivity contribution in [3.63, 3.8) is 0 Å². The van der Waals surface area contributed by atoms with E-state index < -0.39 is 18.4 Å². The molecule has 0 spiro atoms. The molecular formula is C15H26F2O. The highest BCUT2D eigenvalue weighted by Gasteiger charge is 2.41. The van der Waals surface area contributed by atoms with E-state index in [1.54, 1.807) is 0 Å². The van der Waals surface area contributed by atoms with Gasteiger partial charge in [-0.2, -0.15) is 0 Å². The van der Waals surface area contributed by atoms with Crippen LogP contribution in [-0.4, -0.2) is 23.6 Å². The third-order valence-electron chi connectivity index (χ3n) is 4.01. The zero-order valence-corrected chi connectivity index (χ0v) is 11.7. The average Bonchev–Trinajstić information content (AvgIpc) is 2.40. The Morgan fingerprint density at radius 2 is 1.78 bits per heavy atom. The summed E-state index contributed by atoms with van der Waals surface area (Å²) in [6.07, 6.45) is 1.72. The van der Waals surface area contributed by atoms with Gasteiger partial charge in [0.15, 0.2) is 6.17 Å². The molecule has 2 aliphatic carbocycles. The minimum atomic E-state index is -1.70. The number of allylic oxidation sites excluding steroid dienone is 2. The van der Waals surface area contributed by atoms with Crippen LogP contribution in [0.1, 0.15) is 52.9 Å². The van der Waals surface area contributed by atoms with Gasteiger partial charge in [0.1, 0.15) is 6.17 Å². The topological polar surface area (TPSA) is 20.2 Å². The molecule has 0 heterocycles. The molecule has 0 aromatic carbocycles. The highest BCUT2D eigenvalue weighted by Crippen LogP contribution is 2.38. The average molecular weight is 260 g/mol. The van der Waals surface area contributed by atoms with Gasteiger partial charge in [0.05, 0.1) is 6.10 Å². The standard InChI is InChI=1S/C13H20F2O.C2H6/c1-8-2-4-9(5-3-8)10-6-7-11(16)13(15)12(10)14;1-2/h4,8,10-13,16H,2-3,5-7H2,1H3;1-2H3. The predicted octanol–water partition coefficient (Wildman–Crippen LogP) is 4.21. The fourth-order valence-electron chi connectivity index (χ4n) is 2.82. The van der Waals surface area contributed by atoms with Crippen molar-refractivity contribution in [3.05, 3.63) is 11.6 Å². The van der Waals surface area contributed by atoms with Gasteiger partial charge in [-0.25, -0.2) is 8.78 Å². The van der Waals surface area contributed by atoms with Crippen LogP contribution in [0.15, 0.2) is 11.6 Å². The molecule has 0 bridgehead atoms. The lowest BCUT2D eigenvalue weighted by Gasteiger charge is -2.35. The zero-order chi connectivity index (χ0) is 13.7. The van der Waals surface area contributed by atoms with Crippen molar-refractivity contribution in [1.29, 1.82) is 0 Å². The maximum absolute atomic E-state index is 13.8. The molecule has 5 atom stereocenters. The predicted molar refractivity (Wildman–Crippen MR) is 71.0 cm³/mol. The van der Waals surface area contributed by atoms with E-state index in [-0.39, 0.29) is 5.92 Å². The van der Waals surface area contributed by atoms with Crippen LogP contribution in [0.3, 0.4) is 0 Å². The molecule has 106 valence electrons. The van der Waals surface area contributed by atoms with Gasteiger partial charge in [0, 0.05) is 5.92 Å². The van der Waals surface area contributed by atoms with E-state index >= 15 is 0 Å². The lowest BCUT2D eigenvalue weighted by molar-refractivity contribution is -0.0270. The van der Waals surface area contributed by atoms with Gasteiger partial charge in [-0.05, 0) is 38.0 Å². The van der Waals surface area contributed by atoms with Crippen LogP contribution >= 0.6 is 0 Å². The molecule has 3 heteroatoms. The third-order valence-corrected chi connectivity index (χ3v) is 4.01. The number of halogens is 2. The van der Waals surface area contributed by atoms with Gasteiger partial charge in [0.25, 0.3) is 0 Å². The van der Waals surface area contributed by atoms with E-state index in [1.807, 2.05) is 13.8 Å². The highest BCUT2D eigenvalue weighted by atomic mass is 19.2. The van der Waals surface area contributed by atoms with Gasteiger partial charge in [0.2, 0.25) is 0 Å². The number of hydrogen-bond acceptors (Lipinski definition) is 1. The molecule has 0 saturated heterocycles. The summed E-state index contributed by atoms with van der Waals surface area (Å²) in [5.41, 5.74) is 1.08. The fourth-order valence-corrected chi connectivity index (χ4v) is 2.82. The number of rotatable bonds is 1. The number of aliphatic hydroxyl groups excluding tert-OH is 1. The van der Waals surface area contributed by atoms with E-state index in [9.17, 15) is 13.9 Å². The Hall–Kier alpha value is -0.440. The maximum atomic E-state index is 13.8. The first-order valence-corrected chi connectivity index (χ1v) is 7.24. The molecule has 5 unspecified atom stereocenters. The largest absolute Gasteiger partial charge is 0.390 e. The Balaban J connectivity index is 0.000000771. The van der Waals surface area contributed by atoms with Gasteiger partial charge in [-0.15, -0.1) is 0 Å². The third kappa shape index (κ3) is 3.53. The molecule has 2 aliphatic rings. The lowest BCUT2D eigenvalue weighted by atomic mass is 9.75. The van der Waals surface area contributed by atoms with E-state index in [4.69, 9.17) is 0 Å².